The molecule has 2 heterocycles. The molecule has 0 aliphatic carbocycles. The average Bonchev–Trinajstić information content (AvgIpc) is 2.91. The van der Waals surface area contributed by atoms with Crippen LogP contribution in [0.1, 0.15) is 26.5 Å². The highest BCUT2D eigenvalue weighted by atomic mass is 16.5. The van der Waals surface area contributed by atoms with Crippen molar-refractivity contribution < 1.29 is 9.15 Å². The van der Waals surface area contributed by atoms with Gasteiger partial charge in [-0.05, 0) is 32.9 Å². The molecule has 0 aromatic carbocycles. The zero-order valence-electron chi connectivity index (χ0n) is 12.0. The van der Waals surface area contributed by atoms with Crippen LogP contribution >= 0.6 is 0 Å². The minimum atomic E-state index is 0.0141. The molecule has 0 spiro atoms. The molecule has 0 radical (unpaired) electrons. The molecule has 0 aliphatic heterocycles. The number of nitrogens with two attached hydrogens (primary N) is 1. The van der Waals surface area contributed by atoms with Crippen molar-refractivity contribution in [3.8, 4) is 5.88 Å². The number of ether oxygens (including phenoxy) is 1. The van der Waals surface area contributed by atoms with Gasteiger partial charge in [0, 0.05) is 6.54 Å². The molecule has 20 heavy (non-hydrogen) atoms. The van der Waals surface area contributed by atoms with Gasteiger partial charge < -0.3 is 19.8 Å². The minimum Gasteiger partial charge on any atom is -0.473 e. The van der Waals surface area contributed by atoms with Crippen molar-refractivity contribution in [2.24, 2.45) is 0 Å². The summed E-state index contributed by atoms with van der Waals surface area (Å²) in [6, 6.07) is 3.78. The third-order valence-electron chi connectivity index (χ3n) is 2.78. The van der Waals surface area contributed by atoms with E-state index in [2.05, 4.69) is 9.97 Å². The highest BCUT2D eigenvalue weighted by molar-refractivity contribution is 5.67. The van der Waals surface area contributed by atoms with Crippen LogP contribution in [0.25, 0.3) is 0 Å². The third kappa shape index (κ3) is 3.20. The van der Waals surface area contributed by atoms with Gasteiger partial charge >= 0.3 is 0 Å². The molecule has 2 rings (SSSR count). The van der Waals surface area contributed by atoms with Crippen LogP contribution in [0.15, 0.2) is 29.1 Å². The van der Waals surface area contributed by atoms with Crippen molar-refractivity contribution in [1.29, 1.82) is 0 Å². The Hall–Kier alpha value is -2.24. The molecule has 0 bridgehead atoms. The Labute approximate surface area is 118 Å². The van der Waals surface area contributed by atoms with Crippen LogP contribution in [0.2, 0.25) is 0 Å². The molecule has 6 nitrogen and oxygen atoms in total. The highest BCUT2D eigenvalue weighted by Gasteiger charge is 2.16. The first-order valence-electron chi connectivity index (χ1n) is 6.66. The molecule has 0 aliphatic rings. The zero-order valence-corrected chi connectivity index (χ0v) is 12.0. The van der Waals surface area contributed by atoms with Crippen LogP contribution in [0.5, 0.6) is 5.88 Å². The summed E-state index contributed by atoms with van der Waals surface area (Å²) in [6.07, 6.45) is 3.13. The number of nitrogen functional groups attached to an aromatic ring is 1. The Balaban J connectivity index is 2.25. The maximum atomic E-state index is 6.11. The van der Waals surface area contributed by atoms with Gasteiger partial charge in [-0.25, -0.2) is 4.98 Å². The summed E-state index contributed by atoms with van der Waals surface area (Å²) in [6.45, 7) is 7.26. The van der Waals surface area contributed by atoms with Crippen molar-refractivity contribution >= 4 is 11.5 Å². The van der Waals surface area contributed by atoms with Gasteiger partial charge in [-0.2, -0.15) is 4.98 Å². The lowest BCUT2D eigenvalue weighted by atomic mass is 10.3. The number of nitrogens with zero attached hydrogens (tertiary/aromatic N) is 3. The van der Waals surface area contributed by atoms with Gasteiger partial charge in [0.15, 0.2) is 5.82 Å². The summed E-state index contributed by atoms with van der Waals surface area (Å²) in [5.74, 6) is 1.94. The van der Waals surface area contributed by atoms with E-state index in [1.807, 2.05) is 37.8 Å². The molecule has 0 saturated heterocycles. The number of rotatable bonds is 6. The summed E-state index contributed by atoms with van der Waals surface area (Å²) < 4.78 is 11.0. The number of aromatic nitrogens is 2. The summed E-state index contributed by atoms with van der Waals surface area (Å²) in [5, 5.41) is 0. The number of hydrogen-bond acceptors (Lipinski definition) is 6. The fourth-order valence-corrected chi connectivity index (χ4v) is 1.87. The van der Waals surface area contributed by atoms with Crippen LogP contribution in [0.4, 0.5) is 11.5 Å². The first-order chi connectivity index (χ1) is 9.61. The molecule has 0 amide bonds. The second-order valence-electron chi connectivity index (χ2n) is 4.68. The fraction of sp³-hybridized carbons (Fsp3) is 0.429. The minimum absolute atomic E-state index is 0.0141. The van der Waals surface area contributed by atoms with Crippen LogP contribution in [0, 0.1) is 0 Å². The summed E-state index contributed by atoms with van der Waals surface area (Å²) in [5.41, 5.74) is 6.57. The van der Waals surface area contributed by atoms with Gasteiger partial charge in [0.2, 0.25) is 5.88 Å². The normalized spacial score (nSPS) is 10.8. The Morgan fingerprint density at radius 2 is 2.20 bits per heavy atom. The van der Waals surface area contributed by atoms with Crippen LogP contribution in [-0.4, -0.2) is 22.6 Å². The van der Waals surface area contributed by atoms with E-state index in [-0.39, 0.29) is 6.10 Å². The van der Waals surface area contributed by atoms with E-state index in [0.29, 0.717) is 23.9 Å². The first kappa shape index (κ1) is 14.2. The van der Waals surface area contributed by atoms with Crippen molar-refractivity contribution in [3.05, 3.63) is 30.5 Å². The van der Waals surface area contributed by atoms with E-state index in [4.69, 9.17) is 14.9 Å². The van der Waals surface area contributed by atoms with Crippen LogP contribution < -0.4 is 15.4 Å². The molecular weight excluding hydrogens is 256 g/mol. The lowest BCUT2D eigenvalue weighted by Crippen LogP contribution is -2.24. The summed E-state index contributed by atoms with van der Waals surface area (Å²) in [7, 11) is 0. The van der Waals surface area contributed by atoms with E-state index in [1.165, 1.54) is 6.33 Å². The Morgan fingerprint density at radius 1 is 1.40 bits per heavy atom. The molecule has 0 unspecified atom stereocenters. The second-order valence-corrected chi connectivity index (χ2v) is 4.68. The topological polar surface area (TPSA) is 77.4 Å². The predicted molar refractivity (Wildman–Crippen MR) is 77.6 cm³/mol. The zero-order chi connectivity index (χ0) is 14.5. The highest BCUT2D eigenvalue weighted by Crippen LogP contribution is 2.29. The van der Waals surface area contributed by atoms with Gasteiger partial charge in [-0.3, -0.25) is 0 Å². The standard InChI is InChI=1S/C14H20N4O2/c1-4-18(8-11-6-5-7-19-11)13-12(15)14(17-9-16-13)20-10(2)3/h5-7,9-10H,4,8,15H2,1-3H3. The first-order valence-corrected chi connectivity index (χ1v) is 6.66. The van der Waals surface area contributed by atoms with Crippen molar-refractivity contribution in [3.63, 3.8) is 0 Å². The maximum Gasteiger partial charge on any atom is 0.242 e. The lowest BCUT2D eigenvalue weighted by Gasteiger charge is -2.23. The quantitative estimate of drug-likeness (QED) is 0.873. The Morgan fingerprint density at radius 3 is 2.80 bits per heavy atom. The van der Waals surface area contributed by atoms with Crippen LogP contribution in [-0.2, 0) is 6.54 Å². The molecule has 0 fully saturated rings. The molecular formula is C14H20N4O2. The van der Waals surface area contributed by atoms with Crippen molar-refractivity contribution in [2.45, 2.75) is 33.4 Å². The van der Waals surface area contributed by atoms with Gasteiger partial charge in [-0.15, -0.1) is 0 Å². The second kappa shape index (κ2) is 6.27. The lowest BCUT2D eigenvalue weighted by molar-refractivity contribution is 0.234. The number of hydrogen-bond donors (Lipinski definition) is 1. The van der Waals surface area contributed by atoms with E-state index in [0.717, 1.165) is 12.3 Å². The Bertz CT molecular complexity index is 540. The summed E-state index contributed by atoms with van der Waals surface area (Å²) >= 11 is 0. The largest absolute Gasteiger partial charge is 0.473 e. The molecule has 108 valence electrons. The van der Waals surface area contributed by atoms with Gasteiger partial charge in [-0.1, -0.05) is 0 Å². The van der Waals surface area contributed by atoms with Gasteiger partial charge in [0.05, 0.1) is 18.9 Å². The van der Waals surface area contributed by atoms with Crippen molar-refractivity contribution in [2.75, 3.05) is 17.2 Å². The Kier molecular flexibility index (Phi) is 4.45. The number of anilines is 2. The molecule has 2 aromatic rings. The van der Waals surface area contributed by atoms with E-state index < -0.39 is 0 Å². The van der Waals surface area contributed by atoms with Gasteiger partial charge in [0.25, 0.3) is 0 Å². The van der Waals surface area contributed by atoms with E-state index in [1.54, 1.807) is 6.26 Å². The van der Waals surface area contributed by atoms with E-state index >= 15 is 0 Å². The smallest absolute Gasteiger partial charge is 0.242 e. The SMILES string of the molecule is CCN(Cc1ccco1)c1ncnc(OC(C)C)c1N. The third-order valence-corrected chi connectivity index (χ3v) is 2.78. The van der Waals surface area contributed by atoms with Gasteiger partial charge in [0.1, 0.15) is 17.8 Å². The summed E-state index contributed by atoms with van der Waals surface area (Å²) in [4.78, 5) is 10.4. The molecule has 0 atom stereocenters. The molecule has 2 aromatic heterocycles. The molecule has 0 saturated carbocycles. The molecule has 6 heteroatoms. The molecule has 2 N–H and O–H groups in total. The number of furan rings is 1. The van der Waals surface area contributed by atoms with E-state index in [9.17, 15) is 0 Å². The predicted octanol–water partition coefficient (Wildman–Crippen LogP) is 2.47. The average molecular weight is 276 g/mol. The van der Waals surface area contributed by atoms with Crippen molar-refractivity contribution in [1.82, 2.24) is 9.97 Å². The fourth-order valence-electron chi connectivity index (χ4n) is 1.87. The monoisotopic (exact) mass is 276 g/mol. The van der Waals surface area contributed by atoms with Crippen LogP contribution in [0.3, 0.4) is 0 Å². The maximum absolute atomic E-state index is 6.11.